The number of rotatable bonds is 10. The monoisotopic (exact) mass is 468 g/mol. The van der Waals surface area contributed by atoms with E-state index < -0.39 is 22.0 Å². The molecule has 3 aromatic carbocycles. The molecule has 0 aliphatic rings. The summed E-state index contributed by atoms with van der Waals surface area (Å²) in [6, 6.07) is 20.3. The summed E-state index contributed by atoms with van der Waals surface area (Å²) in [5, 5.41) is 2.84. The van der Waals surface area contributed by atoms with E-state index in [4.69, 9.17) is 9.47 Å². The van der Waals surface area contributed by atoms with Gasteiger partial charge in [0.2, 0.25) is 15.9 Å². The maximum atomic E-state index is 13.1. The number of hydrogen-bond donors (Lipinski definition) is 2. The van der Waals surface area contributed by atoms with Gasteiger partial charge in [-0.1, -0.05) is 60.2 Å². The first-order valence-electron chi connectivity index (χ1n) is 10.4. The first kappa shape index (κ1) is 24.3. The van der Waals surface area contributed by atoms with Gasteiger partial charge in [-0.05, 0) is 36.6 Å². The normalized spacial score (nSPS) is 12.1. The SMILES string of the molecule is COc1ccc(S(=O)(=O)N[C@H](Cc2ccccc2)C(=O)NCc2ccc(C)cc2)cc1OC. The van der Waals surface area contributed by atoms with Gasteiger partial charge in [0, 0.05) is 12.6 Å². The van der Waals surface area contributed by atoms with Crippen molar-refractivity contribution in [2.45, 2.75) is 30.8 Å². The lowest BCUT2D eigenvalue weighted by Crippen LogP contribution is -2.47. The van der Waals surface area contributed by atoms with E-state index in [1.165, 1.54) is 32.4 Å². The van der Waals surface area contributed by atoms with Gasteiger partial charge in [-0.3, -0.25) is 4.79 Å². The smallest absolute Gasteiger partial charge is 0.241 e. The molecule has 3 rings (SSSR count). The Morgan fingerprint density at radius 1 is 0.879 bits per heavy atom. The van der Waals surface area contributed by atoms with Crippen LogP contribution in [0, 0.1) is 6.92 Å². The number of aryl methyl sites for hydroxylation is 1. The van der Waals surface area contributed by atoms with Gasteiger partial charge in [0.15, 0.2) is 11.5 Å². The maximum absolute atomic E-state index is 13.1. The van der Waals surface area contributed by atoms with Gasteiger partial charge >= 0.3 is 0 Å². The van der Waals surface area contributed by atoms with Crippen LogP contribution in [0.25, 0.3) is 0 Å². The molecule has 3 aromatic rings. The van der Waals surface area contributed by atoms with E-state index in [-0.39, 0.29) is 17.1 Å². The van der Waals surface area contributed by atoms with Gasteiger partial charge in [-0.25, -0.2) is 8.42 Å². The summed E-state index contributed by atoms with van der Waals surface area (Å²) in [4.78, 5) is 13.0. The fourth-order valence-corrected chi connectivity index (χ4v) is 4.51. The molecule has 0 fully saturated rings. The first-order chi connectivity index (χ1) is 15.8. The molecule has 2 N–H and O–H groups in total. The number of benzene rings is 3. The van der Waals surface area contributed by atoms with Gasteiger partial charge in [0.05, 0.1) is 19.1 Å². The number of nitrogens with one attached hydrogen (secondary N) is 2. The van der Waals surface area contributed by atoms with E-state index in [9.17, 15) is 13.2 Å². The Kier molecular flexibility index (Phi) is 8.08. The highest BCUT2D eigenvalue weighted by atomic mass is 32.2. The number of carbonyl (C=O) groups excluding carboxylic acids is 1. The van der Waals surface area contributed by atoms with Crippen molar-refractivity contribution < 1.29 is 22.7 Å². The summed E-state index contributed by atoms with van der Waals surface area (Å²) >= 11 is 0. The minimum Gasteiger partial charge on any atom is -0.493 e. The van der Waals surface area contributed by atoms with Crippen molar-refractivity contribution in [2.24, 2.45) is 0 Å². The molecule has 0 radical (unpaired) electrons. The van der Waals surface area contributed by atoms with Crippen molar-refractivity contribution in [1.29, 1.82) is 0 Å². The van der Waals surface area contributed by atoms with Crippen LogP contribution in [-0.2, 0) is 27.8 Å². The maximum Gasteiger partial charge on any atom is 0.241 e. The summed E-state index contributed by atoms with van der Waals surface area (Å²) in [6.07, 6.45) is 0.201. The summed E-state index contributed by atoms with van der Waals surface area (Å²) in [6.45, 7) is 2.28. The largest absolute Gasteiger partial charge is 0.493 e. The standard InChI is InChI=1S/C25H28N2O5S/c1-18-9-11-20(12-10-18)17-26-25(28)22(15-19-7-5-4-6-8-19)27-33(29,30)21-13-14-23(31-2)24(16-21)32-3/h4-14,16,22,27H,15,17H2,1-3H3,(H,26,28)/t22-/m1/s1. The zero-order valence-electron chi connectivity index (χ0n) is 18.9. The molecule has 0 heterocycles. The Bertz CT molecular complexity index is 1180. The fraction of sp³-hybridized carbons (Fsp3) is 0.240. The molecule has 1 atom stereocenters. The van der Waals surface area contributed by atoms with Crippen LogP contribution in [0.4, 0.5) is 0 Å². The van der Waals surface area contributed by atoms with Crippen molar-refractivity contribution in [3.8, 4) is 11.5 Å². The summed E-state index contributed by atoms with van der Waals surface area (Å²) in [7, 11) is -1.12. The molecular formula is C25H28N2O5S. The highest BCUT2D eigenvalue weighted by Gasteiger charge is 2.27. The van der Waals surface area contributed by atoms with Crippen molar-refractivity contribution in [2.75, 3.05) is 14.2 Å². The first-order valence-corrected chi connectivity index (χ1v) is 11.9. The van der Waals surface area contributed by atoms with Crippen molar-refractivity contribution in [3.05, 3.63) is 89.5 Å². The third kappa shape index (κ3) is 6.57. The lowest BCUT2D eigenvalue weighted by atomic mass is 10.1. The van der Waals surface area contributed by atoms with Gasteiger partial charge in [-0.15, -0.1) is 0 Å². The Morgan fingerprint density at radius 2 is 1.55 bits per heavy atom. The van der Waals surface area contributed by atoms with Gasteiger partial charge in [-0.2, -0.15) is 4.72 Å². The van der Waals surface area contributed by atoms with Gasteiger partial charge in [0.1, 0.15) is 6.04 Å². The van der Waals surface area contributed by atoms with E-state index in [0.717, 1.165) is 16.7 Å². The zero-order chi connectivity index (χ0) is 23.8. The molecule has 174 valence electrons. The topological polar surface area (TPSA) is 93.7 Å². The minimum absolute atomic E-state index is 0.0236. The molecule has 0 saturated carbocycles. The second kappa shape index (κ2) is 11.0. The van der Waals surface area contributed by atoms with Crippen LogP contribution in [0.1, 0.15) is 16.7 Å². The van der Waals surface area contributed by atoms with E-state index in [1.54, 1.807) is 0 Å². The Hall–Kier alpha value is -3.36. The van der Waals surface area contributed by atoms with Crippen LogP contribution in [-0.4, -0.2) is 34.6 Å². The predicted molar refractivity (Wildman–Crippen MR) is 127 cm³/mol. The second-order valence-electron chi connectivity index (χ2n) is 7.58. The number of carbonyl (C=O) groups is 1. The van der Waals surface area contributed by atoms with Crippen molar-refractivity contribution in [3.63, 3.8) is 0 Å². The highest BCUT2D eigenvalue weighted by molar-refractivity contribution is 7.89. The van der Waals surface area contributed by atoms with E-state index in [1.807, 2.05) is 61.5 Å². The average Bonchev–Trinajstić information content (AvgIpc) is 2.83. The molecule has 33 heavy (non-hydrogen) atoms. The van der Waals surface area contributed by atoms with Gasteiger partial charge in [0.25, 0.3) is 0 Å². The molecule has 0 aliphatic carbocycles. The summed E-state index contributed by atoms with van der Waals surface area (Å²) < 4.78 is 39.2. The number of hydrogen-bond acceptors (Lipinski definition) is 5. The third-order valence-corrected chi connectivity index (χ3v) is 6.62. The number of ether oxygens (including phenoxy) is 2. The molecule has 0 unspecified atom stereocenters. The summed E-state index contributed by atoms with van der Waals surface area (Å²) in [5.41, 5.74) is 2.88. The average molecular weight is 469 g/mol. The van der Waals surface area contributed by atoms with Crippen molar-refractivity contribution >= 4 is 15.9 Å². The Labute approximate surface area is 194 Å². The lowest BCUT2D eigenvalue weighted by molar-refractivity contribution is -0.122. The fourth-order valence-electron chi connectivity index (χ4n) is 3.30. The Morgan fingerprint density at radius 3 is 2.18 bits per heavy atom. The van der Waals surface area contributed by atoms with Crippen LogP contribution in [0.2, 0.25) is 0 Å². The molecule has 0 spiro atoms. The number of sulfonamides is 1. The predicted octanol–water partition coefficient (Wildman–Crippen LogP) is 3.22. The lowest BCUT2D eigenvalue weighted by Gasteiger charge is -2.19. The summed E-state index contributed by atoms with van der Waals surface area (Å²) in [5.74, 6) is 0.278. The molecule has 1 amide bonds. The van der Waals surface area contributed by atoms with Crippen LogP contribution in [0.15, 0.2) is 77.7 Å². The minimum atomic E-state index is -4.02. The van der Waals surface area contributed by atoms with E-state index in [0.29, 0.717) is 12.3 Å². The second-order valence-corrected chi connectivity index (χ2v) is 9.30. The van der Waals surface area contributed by atoms with Crippen LogP contribution < -0.4 is 19.5 Å². The molecule has 0 aliphatic heterocycles. The highest BCUT2D eigenvalue weighted by Crippen LogP contribution is 2.29. The van der Waals surface area contributed by atoms with Crippen molar-refractivity contribution in [1.82, 2.24) is 10.0 Å². The Balaban J connectivity index is 1.82. The van der Waals surface area contributed by atoms with Gasteiger partial charge < -0.3 is 14.8 Å². The molecule has 0 aromatic heterocycles. The quantitative estimate of drug-likeness (QED) is 0.477. The van der Waals surface area contributed by atoms with E-state index >= 15 is 0 Å². The number of methoxy groups -OCH3 is 2. The van der Waals surface area contributed by atoms with Crippen LogP contribution >= 0.6 is 0 Å². The molecule has 0 saturated heterocycles. The van der Waals surface area contributed by atoms with Crippen LogP contribution in [0.5, 0.6) is 11.5 Å². The van der Waals surface area contributed by atoms with E-state index in [2.05, 4.69) is 10.0 Å². The molecule has 7 nitrogen and oxygen atoms in total. The van der Waals surface area contributed by atoms with Crippen LogP contribution in [0.3, 0.4) is 0 Å². The molecule has 8 heteroatoms. The molecule has 0 bridgehead atoms. The third-order valence-electron chi connectivity index (χ3n) is 5.15. The number of amides is 1. The molecular weight excluding hydrogens is 440 g/mol. The zero-order valence-corrected chi connectivity index (χ0v) is 19.7.